The smallest absolute Gasteiger partial charge is 0.162 e. The Bertz CT molecular complexity index is 933. The highest BCUT2D eigenvalue weighted by Crippen LogP contribution is 2.34. The Hall–Kier alpha value is -2.44. The van der Waals surface area contributed by atoms with Gasteiger partial charge in [-0.15, -0.1) is 23.2 Å². The van der Waals surface area contributed by atoms with E-state index in [-0.39, 0.29) is 0 Å². The summed E-state index contributed by atoms with van der Waals surface area (Å²) in [6, 6.07) is 11.8. The summed E-state index contributed by atoms with van der Waals surface area (Å²) in [7, 11) is 3.20. The number of ether oxygens (including phenoxy) is 2. The van der Waals surface area contributed by atoms with Gasteiger partial charge in [-0.05, 0) is 24.3 Å². The lowest BCUT2D eigenvalue weighted by atomic mass is 10.2. The molecule has 28 heavy (non-hydrogen) atoms. The van der Waals surface area contributed by atoms with Crippen molar-refractivity contribution in [3.8, 4) is 11.5 Å². The van der Waals surface area contributed by atoms with Crippen LogP contribution in [-0.4, -0.2) is 49.0 Å². The van der Waals surface area contributed by atoms with E-state index in [1.165, 1.54) is 6.33 Å². The van der Waals surface area contributed by atoms with Crippen LogP contribution in [0.25, 0.3) is 10.9 Å². The molecule has 3 aromatic rings. The zero-order valence-corrected chi connectivity index (χ0v) is 17.3. The highest BCUT2D eigenvalue weighted by atomic mass is 35.5. The number of hydrogen-bond donors (Lipinski definition) is 1. The van der Waals surface area contributed by atoms with Gasteiger partial charge in [0.1, 0.15) is 12.1 Å². The van der Waals surface area contributed by atoms with Crippen molar-refractivity contribution < 1.29 is 9.47 Å². The van der Waals surface area contributed by atoms with E-state index in [2.05, 4.69) is 20.2 Å². The van der Waals surface area contributed by atoms with Gasteiger partial charge in [0, 0.05) is 47.7 Å². The van der Waals surface area contributed by atoms with Crippen molar-refractivity contribution in [2.24, 2.45) is 0 Å². The Morgan fingerprint density at radius 1 is 0.964 bits per heavy atom. The number of halogens is 2. The minimum Gasteiger partial charge on any atom is -0.493 e. The molecule has 0 bridgehead atoms. The Labute approximate surface area is 174 Å². The number of fused-ring (bicyclic) bond motifs is 1. The van der Waals surface area contributed by atoms with Gasteiger partial charge in [-0.3, -0.25) is 0 Å². The fourth-order valence-electron chi connectivity index (χ4n) is 2.97. The molecule has 0 aliphatic heterocycles. The van der Waals surface area contributed by atoms with Gasteiger partial charge in [0.05, 0.1) is 19.7 Å². The van der Waals surface area contributed by atoms with Gasteiger partial charge in [-0.2, -0.15) is 0 Å². The first-order chi connectivity index (χ1) is 13.7. The van der Waals surface area contributed by atoms with Crippen LogP contribution in [0, 0.1) is 0 Å². The minimum absolute atomic E-state index is 0.534. The third-order valence-electron chi connectivity index (χ3n) is 4.32. The van der Waals surface area contributed by atoms with Crippen molar-refractivity contribution >= 4 is 51.3 Å². The van der Waals surface area contributed by atoms with Gasteiger partial charge < -0.3 is 19.7 Å². The standard InChI is InChI=1S/C20H22Cl2N4O2/c1-27-18-11-16-17(12-19(18)28-2)23-13-24-20(16)25-14-4-3-5-15(10-14)26(8-6-21)9-7-22/h3-5,10-13H,6-9H2,1-2H3,(H,23,24,25). The lowest BCUT2D eigenvalue weighted by Gasteiger charge is -2.23. The summed E-state index contributed by atoms with van der Waals surface area (Å²) in [5.41, 5.74) is 2.71. The van der Waals surface area contributed by atoms with Gasteiger partial charge in [-0.25, -0.2) is 9.97 Å². The van der Waals surface area contributed by atoms with Gasteiger partial charge in [-0.1, -0.05) is 6.07 Å². The van der Waals surface area contributed by atoms with Crippen molar-refractivity contribution in [2.45, 2.75) is 0 Å². The lowest BCUT2D eigenvalue weighted by molar-refractivity contribution is 0.356. The zero-order chi connectivity index (χ0) is 19.9. The Morgan fingerprint density at radius 3 is 2.36 bits per heavy atom. The first-order valence-electron chi connectivity index (χ1n) is 8.81. The molecule has 0 unspecified atom stereocenters. The Balaban J connectivity index is 1.95. The van der Waals surface area contributed by atoms with Gasteiger partial charge >= 0.3 is 0 Å². The van der Waals surface area contributed by atoms with Crippen LogP contribution in [0.1, 0.15) is 0 Å². The number of methoxy groups -OCH3 is 2. The normalized spacial score (nSPS) is 10.7. The quantitative estimate of drug-likeness (QED) is 0.507. The molecular weight excluding hydrogens is 399 g/mol. The van der Waals surface area contributed by atoms with E-state index in [4.69, 9.17) is 32.7 Å². The van der Waals surface area contributed by atoms with Crippen LogP contribution in [0.2, 0.25) is 0 Å². The van der Waals surface area contributed by atoms with Crippen molar-refractivity contribution in [3.05, 3.63) is 42.7 Å². The number of rotatable bonds is 9. The molecule has 0 amide bonds. The van der Waals surface area contributed by atoms with E-state index >= 15 is 0 Å². The maximum Gasteiger partial charge on any atom is 0.162 e. The van der Waals surface area contributed by atoms with Crippen molar-refractivity contribution in [3.63, 3.8) is 0 Å². The van der Waals surface area contributed by atoms with Crippen molar-refractivity contribution in [1.82, 2.24) is 9.97 Å². The van der Waals surface area contributed by atoms with Crippen molar-refractivity contribution in [1.29, 1.82) is 0 Å². The number of hydrogen-bond acceptors (Lipinski definition) is 6. The number of anilines is 3. The monoisotopic (exact) mass is 420 g/mol. The highest BCUT2D eigenvalue weighted by molar-refractivity contribution is 6.18. The van der Waals surface area contributed by atoms with E-state index in [1.807, 2.05) is 36.4 Å². The molecule has 0 fully saturated rings. The molecule has 148 valence electrons. The van der Waals surface area contributed by atoms with Crippen LogP contribution in [0.3, 0.4) is 0 Å². The SMILES string of the molecule is COc1cc2ncnc(Nc3cccc(N(CCCl)CCCl)c3)c2cc1OC. The molecule has 3 rings (SSSR count). The topological polar surface area (TPSA) is 59.5 Å². The molecule has 8 heteroatoms. The molecule has 1 heterocycles. The molecule has 0 spiro atoms. The zero-order valence-electron chi connectivity index (χ0n) is 15.8. The number of nitrogens with zero attached hydrogens (tertiary/aromatic N) is 3. The molecule has 0 saturated heterocycles. The second kappa shape index (κ2) is 9.66. The van der Waals surface area contributed by atoms with Crippen molar-refractivity contribution in [2.75, 3.05) is 49.3 Å². The van der Waals surface area contributed by atoms with Gasteiger partial charge in [0.15, 0.2) is 11.5 Å². The molecular formula is C20H22Cl2N4O2. The van der Waals surface area contributed by atoms with E-state index in [0.717, 1.165) is 35.4 Å². The fraction of sp³-hybridized carbons (Fsp3) is 0.300. The second-order valence-electron chi connectivity index (χ2n) is 5.99. The maximum absolute atomic E-state index is 5.93. The Morgan fingerprint density at radius 2 is 1.68 bits per heavy atom. The number of aromatic nitrogens is 2. The summed E-state index contributed by atoms with van der Waals surface area (Å²) in [5.74, 6) is 3.00. The van der Waals surface area contributed by atoms with Crippen LogP contribution in [0.5, 0.6) is 11.5 Å². The highest BCUT2D eigenvalue weighted by Gasteiger charge is 2.12. The third-order valence-corrected chi connectivity index (χ3v) is 4.66. The molecule has 2 aromatic carbocycles. The lowest BCUT2D eigenvalue weighted by Crippen LogP contribution is -2.27. The molecule has 0 aliphatic rings. The van der Waals surface area contributed by atoms with Crippen LogP contribution in [0.15, 0.2) is 42.7 Å². The van der Waals surface area contributed by atoms with Crippen LogP contribution in [-0.2, 0) is 0 Å². The summed E-state index contributed by atoms with van der Waals surface area (Å²) < 4.78 is 10.8. The summed E-state index contributed by atoms with van der Waals surface area (Å²) in [5, 5.41) is 4.21. The summed E-state index contributed by atoms with van der Waals surface area (Å²) in [6.45, 7) is 1.45. The summed E-state index contributed by atoms with van der Waals surface area (Å²) in [4.78, 5) is 10.9. The molecule has 1 N–H and O–H groups in total. The molecule has 0 radical (unpaired) electrons. The summed E-state index contributed by atoms with van der Waals surface area (Å²) >= 11 is 11.9. The molecule has 0 saturated carbocycles. The predicted molar refractivity (Wildman–Crippen MR) is 116 cm³/mol. The number of nitrogens with one attached hydrogen (secondary N) is 1. The predicted octanol–water partition coefficient (Wildman–Crippen LogP) is 4.67. The van der Waals surface area contributed by atoms with E-state index < -0.39 is 0 Å². The third kappa shape index (κ3) is 4.51. The first kappa shape index (κ1) is 20.3. The van der Waals surface area contributed by atoms with Crippen LogP contribution < -0.4 is 19.7 Å². The second-order valence-corrected chi connectivity index (χ2v) is 6.74. The number of benzene rings is 2. The van der Waals surface area contributed by atoms with E-state index in [0.29, 0.717) is 29.1 Å². The van der Waals surface area contributed by atoms with E-state index in [1.54, 1.807) is 14.2 Å². The van der Waals surface area contributed by atoms with Crippen LogP contribution >= 0.6 is 23.2 Å². The minimum atomic E-state index is 0.534. The largest absolute Gasteiger partial charge is 0.493 e. The average molecular weight is 421 g/mol. The molecule has 0 aliphatic carbocycles. The van der Waals surface area contributed by atoms with Gasteiger partial charge in [0.25, 0.3) is 0 Å². The molecule has 6 nitrogen and oxygen atoms in total. The molecule has 1 aromatic heterocycles. The summed E-state index contributed by atoms with van der Waals surface area (Å²) in [6.07, 6.45) is 1.52. The van der Waals surface area contributed by atoms with Gasteiger partial charge in [0.2, 0.25) is 0 Å². The number of alkyl halides is 2. The fourth-order valence-corrected chi connectivity index (χ4v) is 3.38. The first-order valence-corrected chi connectivity index (χ1v) is 9.87. The van der Waals surface area contributed by atoms with Crippen LogP contribution in [0.4, 0.5) is 17.2 Å². The molecule has 0 atom stereocenters. The average Bonchev–Trinajstić information content (AvgIpc) is 2.73. The Kier molecular flexibility index (Phi) is 7.01. The maximum atomic E-state index is 5.93. The van der Waals surface area contributed by atoms with E-state index in [9.17, 15) is 0 Å².